The summed E-state index contributed by atoms with van der Waals surface area (Å²) < 4.78 is 0. The molecule has 2 heterocycles. The highest BCUT2D eigenvalue weighted by Crippen LogP contribution is 2.27. The zero-order chi connectivity index (χ0) is 8.55. The van der Waals surface area contributed by atoms with E-state index in [0.29, 0.717) is 18.9 Å². The minimum atomic E-state index is 0.218. The van der Waals surface area contributed by atoms with Gasteiger partial charge in [0, 0.05) is 17.3 Å². The van der Waals surface area contributed by atoms with E-state index in [1.165, 1.54) is 0 Å². The first-order valence-electron chi connectivity index (χ1n) is 3.70. The van der Waals surface area contributed by atoms with Crippen LogP contribution in [-0.4, -0.2) is 10.1 Å². The molecule has 0 fully saturated rings. The zero-order valence-electron chi connectivity index (χ0n) is 6.70. The van der Waals surface area contributed by atoms with E-state index in [1.807, 2.05) is 0 Å². The number of hydrogen-bond acceptors (Lipinski definition) is 4. The molecule has 1 aliphatic heterocycles. The Labute approximate surface area is 69.7 Å². The van der Waals surface area contributed by atoms with Crippen LogP contribution in [0.4, 0.5) is 0 Å². The van der Waals surface area contributed by atoms with Crippen LogP contribution in [0, 0.1) is 6.92 Å². The van der Waals surface area contributed by atoms with Crippen molar-refractivity contribution >= 4 is 0 Å². The maximum atomic E-state index is 9.55. The van der Waals surface area contributed by atoms with Crippen LogP contribution in [0.1, 0.15) is 16.8 Å². The van der Waals surface area contributed by atoms with Gasteiger partial charge in [0.05, 0.1) is 5.69 Å². The fourth-order valence-corrected chi connectivity index (χ4v) is 1.18. The van der Waals surface area contributed by atoms with E-state index in [1.54, 1.807) is 13.1 Å². The minimum Gasteiger partial charge on any atom is -0.506 e. The molecule has 4 heteroatoms. The average molecular weight is 167 g/mol. The third-order valence-electron chi connectivity index (χ3n) is 1.93. The van der Waals surface area contributed by atoms with Gasteiger partial charge >= 0.3 is 0 Å². The van der Waals surface area contributed by atoms with E-state index in [4.69, 9.17) is 9.78 Å². The highest BCUT2D eigenvalue weighted by atomic mass is 17.2. The second-order valence-corrected chi connectivity index (χ2v) is 2.72. The quantitative estimate of drug-likeness (QED) is 0.587. The number of rotatable bonds is 0. The molecule has 1 N–H and O–H groups in total. The Bertz CT molecular complexity index is 311. The van der Waals surface area contributed by atoms with Crippen LogP contribution in [0.5, 0.6) is 5.75 Å². The molecule has 0 atom stereocenters. The molecular formula is C8H9NO3. The molecule has 0 unspecified atom stereocenters. The third kappa shape index (κ3) is 1.05. The fourth-order valence-electron chi connectivity index (χ4n) is 1.18. The molecule has 64 valence electrons. The van der Waals surface area contributed by atoms with Gasteiger partial charge in [-0.2, -0.15) is 0 Å². The Hall–Kier alpha value is -1.13. The first-order valence-corrected chi connectivity index (χ1v) is 3.70. The number of pyridine rings is 1. The zero-order valence-corrected chi connectivity index (χ0v) is 6.70. The summed E-state index contributed by atoms with van der Waals surface area (Å²) >= 11 is 0. The summed E-state index contributed by atoms with van der Waals surface area (Å²) in [6.45, 7) is 2.41. The van der Waals surface area contributed by atoms with Gasteiger partial charge < -0.3 is 5.11 Å². The second-order valence-electron chi connectivity index (χ2n) is 2.72. The van der Waals surface area contributed by atoms with Crippen molar-refractivity contribution in [2.24, 2.45) is 0 Å². The van der Waals surface area contributed by atoms with Crippen LogP contribution >= 0.6 is 0 Å². The topological polar surface area (TPSA) is 51.6 Å². The van der Waals surface area contributed by atoms with Crippen molar-refractivity contribution in [2.45, 2.75) is 20.1 Å². The number of aromatic hydroxyl groups is 1. The van der Waals surface area contributed by atoms with Crippen molar-refractivity contribution in [1.82, 2.24) is 4.98 Å². The average Bonchev–Trinajstić information content (AvgIpc) is 2.12. The maximum Gasteiger partial charge on any atom is 0.142 e. The van der Waals surface area contributed by atoms with Gasteiger partial charge in [0.15, 0.2) is 0 Å². The predicted octanol–water partition coefficient (Wildman–Crippen LogP) is 1.06. The molecule has 0 saturated carbocycles. The van der Waals surface area contributed by atoms with Gasteiger partial charge in [-0.25, -0.2) is 9.78 Å². The molecule has 0 spiro atoms. The van der Waals surface area contributed by atoms with Crippen molar-refractivity contribution in [3.63, 3.8) is 0 Å². The fraction of sp³-hybridized carbons (Fsp3) is 0.375. The smallest absolute Gasteiger partial charge is 0.142 e. The number of hydrogen-bond donors (Lipinski definition) is 1. The van der Waals surface area contributed by atoms with E-state index in [0.717, 1.165) is 11.1 Å². The first-order chi connectivity index (χ1) is 5.79. The monoisotopic (exact) mass is 167 g/mol. The predicted molar refractivity (Wildman–Crippen MR) is 40.2 cm³/mol. The van der Waals surface area contributed by atoms with Crippen molar-refractivity contribution < 1.29 is 14.9 Å². The summed E-state index contributed by atoms with van der Waals surface area (Å²) in [7, 11) is 0. The van der Waals surface area contributed by atoms with Crippen molar-refractivity contribution in [2.75, 3.05) is 0 Å². The van der Waals surface area contributed by atoms with Crippen molar-refractivity contribution in [1.29, 1.82) is 0 Å². The Balaban J connectivity index is 2.54. The van der Waals surface area contributed by atoms with E-state index in [2.05, 4.69) is 4.98 Å². The summed E-state index contributed by atoms with van der Waals surface area (Å²) in [5.74, 6) is 0.218. The number of aromatic nitrogens is 1. The molecule has 1 aliphatic rings. The molecule has 1 aromatic heterocycles. The van der Waals surface area contributed by atoms with Gasteiger partial charge in [-0.1, -0.05) is 0 Å². The maximum absolute atomic E-state index is 9.55. The molecule has 4 nitrogen and oxygen atoms in total. The lowest BCUT2D eigenvalue weighted by Crippen LogP contribution is -2.09. The summed E-state index contributed by atoms with van der Waals surface area (Å²) in [5.41, 5.74) is 2.30. The molecule has 0 radical (unpaired) electrons. The molecular weight excluding hydrogens is 158 g/mol. The van der Waals surface area contributed by atoms with E-state index < -0.39 is 0 Å². The van der Waals surface area contributed by atoms with Gasteiger partial charge in [0.1, 0.15) is 19.0 Å². The van der Waals surface area contributed by atoms with Crippen LogP contribution in [0.2, 0.25) is 0 Å². The lowest BCUT2D eigenvalue weighted by Gasteiger charge is -2.16. The van der Waals surface area contributed by atoms with E-state index >= 15 is 0 Å². The van der Waals surface area contributed by atoms with E-state index in [9.17, 15) is 5.11 Å². The van der Waals surface area contributed by atoms with Crippen LogP contribution in [0.15, 0.2) is 6.20 Å². The van der Waals surface area contributed by atoms with Gasteiger partial charge in [0.25, 0.3) is 0 Å². The van der Waals surface area contributed by atoms with Crippen molar-refractivity contribution in [3.05, 3.63) is 23.0 Å². The third-order valence-corrected chi connectivity index (χ3v) is 1.93. The van der Waals surface area contributed by atoms with Gasteiger partial charge in [-0.05, 0) is 6.92 Å². The van der Waals surface area contributed by atoms with Gasteiger partial charge in [-0.15, -0.1) is 0 Å². The Morgan fingerprint density at radius 2 is 2.17 bits per heavy atom. The molecule has 0 aliphatic carbocycles. The molecule has 2 rings (SSSR count). The molecule has 0 amide bonds. The van der Waals surface area contributed by atoms with Crippen LogP contribution < -0.4 is 0 Å². The summed E-state index contributed by atoms with van der Waals surface area (Å²) in [5, 5.41) is 9.55. The summed E-state index contributed by atoms with van der Waals surface area (Å²) in [6.07, 6.45) is 1.70. The number of fused-ring (bicyclic) bond motifs is 1. The minimum absolute atomic E-state index is 0.218. The molecule has 1 aromatic rings. The Kier molecular flexibility index (Phi) is 1.71. The van der Waals surface area contributed by atoms with E-state index in [-0.39, 0.29) is 5.75 Å². The number of aryl methyl sites for hydroxylation is 1. The molecule has 12 heavy (non-hydrogen) atoms. The molecule has 0 bridgehead atoms. The van der Waals surface area contributed by atoms with Crippen LogP contribution in [-0.2, 0) is 23.0 Å². The van der Waals surface area contributed by atoms with Gasteiger partial charge in [-0.3, -0.25) is 4.98 Å². The largest absolute Gasteiger partial charge is 0.506 e. The summed E-state index contributed by atoms with van der Waals surface area (Å²) in [6, 6.07) is 0. The highest BCUT2D eigenvalue weighted by Gasteiger charge is 2.16. The normalized spacial score (nSPS) is 15.8. The first kappa shape index (κ1) is 7.52. The number of nitrogens with zero attached hydrogens (tertiary/aromatic N) is 1. The Morgan fingerprint density at radius 1 is 1.42 bits per heavy atom. The SMILES string of the molecule is Cc1ncc2c(c1O)COOC2. The van der Waals surface area contributed by atoms with Crippen molar-refractivity contribution in [3.8, 4) is 5.75 Å². The lowest BCUT2D eigenvalue weighted by molar-refractivity contribution is -0.322. The second kappa shape index (κ2) is 2.73. The molecule has 0 aromatic carbocycles. The Morgan fingerprint density at radius 3 is 3.00 bits per heavy atom. The molecule has 0 saturated heterocycles. The van der Waals surface area contributed by atoms with Crippen LogP contribution in [0.3, 0.4) is 0 Å². The van der Waals surface area contributed by atoms with Crippen LogP contribution in [0.25, 0.3) is 0 Å². The standard InChI is InChI=1S/C8H9NO3/c1-5-8(10)7-4-12-11-3-6(7)2-9-5/h2,10H,3-4H2,1H3. The summed E-state index contributed by atoms with van der Waals surface area (Å²) in [4.78, 5) is 13.5. The highest BCUT2D eigenvalue weighted by molar-refractivity contribution is 5.40. The lowest BCUT2D eigenvalue weighted by atomic mass is 10.1. The van der Waals surface area contributed by atoms with Gasteiger partial charge in [0.2, 0.25) is 0 Å².